The maximum Gasteiger partial charge on any atom is 0.305 e. The molecule has 0 N–H and O–H groups in total. The second kappa shape index (κ2) is 7.09. The molecule has 0 amide bonds. The molecule has 0 aromatic rings. The van der Waals surface area contributed by atoms with Crippen molar-refractivity contribution in [3.05, 3.63) is 12.2 Å². The zero-order valence-electron chi connectivity index (χ0n) is 12.9. The van der Waals surface area contributed by atoms with Gasteiger partial charge in [-0.2, -0.15) is 0 Å². The van der Waals surface area contributed by atoms with Gasteiger partial charge in [-0.25, -0.2) is 0 Å². The van der Waals surface area contributed by atoms with Crippen LogP contribution >= 0.6 is 0 Å². The van der Waals surface area contributed by atoms with Crippen molar-refractivity contribution in [3.63, 3.8) is 0 Å². The van der Waals surface area contributed by atoms with Gasteiger partial charge < -0.3 is 9.47 Å². The van der Waals surface area contributed by atoms with Crippen LogP contribution in [-0.2, 0) is 14.3 Å². The van der Waals surface area contributed by atoms with Gasteiger partial charge >= 0.3 is 5.97 Å². The molecule has 3 nitrogen and oxygen atoms in total. The van der Waals surface area contributed by atoms with Crippen molar-refractivity contribution in [2.24, 2.45) is 11.8 Å². The number of carbonyl (C=O) groups excluding carboxylic acids is 1. The topological polar surface area (TPSA) is 35.5 Å². The molecule has 1 rings (SSSR count). The number of hydrogen-bond donors (Lipinski definition) is 0. The van der Waals surface area contributed by atoms with Crippen LogP contribution in [0.15, 0.2) is 12.2 Å². The monoisotopic (exact) mass is 268 g/mol. The summed E-state index contributed by atoms with van der Waals surface area (Å²) in [5, 5.41) is 0. The lowest BCUT2D eigenvalue weighted by atomic mass is 9.84. The summed E-state index contributed by atoms with van der Waals surface area (Å²) in [6.45, 7) is 10.4. The molecule has 110 valence electrons. The molecule has 0 saturated heterocycles. The van der Waals surface area contributed by atoms with Gasteiger partial charge in [0.05, 0.1) is 11.7 Å². The first kappa shape index (κ1) is 16.2. The van der Waals surface area contributed by atoms with Gasteiger partial charge in [-0.15, -0.1) is 0 Å². The number of esters is 1. The van der Waals surface area contributed by atoms with Gasteiger partial charge in [0.25, 0.3) is 0 Å². The van der Waals surface area contributed by atoms with Crippen LogP contribution in [0.4, 0.5) is 0 Å². The van der Waals surface area contributed by atoms with Crippen molar-refractivity contribution in [2.75, 3.05) is 6.61 Å². The SMILES string of the molecule is CCC(=O)OCC(C)(C)OC(C)C1CC=CC(C)C1. The van der Waals surface area contributed by atoms with Crippen LogP contribution in [-0.4, -0.2) is 24.3 Å². The molecule has 0 heterocycles. The van der Waals surface area contributed by atoms with Gasteiger partial charge in [-0.1, -0.05) is 26.0 Å². The van der Waals surface area contributed by atoms with Crippen LogP contribution in [0.3, 0.4) is 0 Å². The first-order chi connectivity index (χ1) is 8.84. The summed E-state index contributed by atoms with van der Waals surface area (Å²) in [5.41, 5.74) is -0.422. The number of rotatable bonds is 6. The van der Waals surface area contributed by atoms with Crippen LogP contribution in [0.25, 0.3) is 0 Å². The van der Waals surface area contributed by atoms with Gasteiger partial charge in [0, 0.05) is 6.42 Å². The molecule has 0 aromatic heterocycles. The Labute approximate surface area is 117 Å². The lowest BCUT2D eigenvalue weighted by molar-refractivity contribution is -0.160. The van der Waals surface area contributed by atoms with Crippen LogP contribution in [0, 0.1) is 11.8 Å². The van der Waals surface area contributed by atoms with E-state index in [0.29, 0.717) is 24.9 Å². The smallest absolute Gasteiger partial charge is 0.305 e. The summed E-state index contributed by atoms with van der Waals surface area (Å²) >= 11 is 0. The highest BCUT2D eigenvalue weighted by atomic mass is 16.6. The lowest BCUT2D eigenvalue weighted by Crippen LogP contribution is -2.38. The van der Waals surface area contributed by atoms with Gasteiger partial charge in [-0.05, 0) is 45.4 Å². The zero-order chi connectivity index (χ0) is 14.5. The molecule has 3 heteroatoms. The number of ether oxygens (including phenoxy) is 2. The number of allylic oxidation sites excluding steroid dienone is 2. The molecule has 1 aliphatic carbocycles. The Bertz CT molecular complexity index is 320. The summed E-state index contributed by atoms with van der Waals surface area (Å²) in [5.74, 6) is 1.02. The maximum absolute atomic E-state index is 11.2. The quantitative estimate of drug-likeness (QED) is 0.544. The van der Waals surface area contributed by atoms with E-state index in [0.717, 1.165) is 6.42 Å². The van der Waals surface area contributed by atoms with E-state index in [1.807, 2.05) is 13.8 Å². The fraction of sp³-hybridized carbons (Fsp3) is 0.812. The van der Waals surface area contributed by atoms with Crippen molar-refractivity contribution in [3.8, 4) is 0 Å². The largest absolute Gasteiger partial charge is 0.463 e. The second-order valence-corrected chi connectivity index (χ2v) is 6.23. The molecule has 0 aromatic carbocycles. The highest BCUT2D eigenvalue weighted by Crippen LogP contribution is 2.29. The zero-order valence-corrected chi connectivity index (χ0v) is 12.9. The molecule has 0 aliphatic heterocycles. The van der Waals surface area contributed by atoms with E-state index in [2.05, 4.69) is 26.0 Å². The Morgan fingerprint density at radius 1 is 1.47 bits per heavy atom. The fourth-order valence-corrected chi connectivity index (χ4v) is 2.51. The fourth-order valence-electron chi connectivity index (χ4n) is 2.51. The van der Waals surface area contributed by atoms with E-state index >= 15 is 0 Å². The molecule has 1 aliphatic rings. The van der Waals surface area contributed by atoms with Crippen molar-refractivity contribution in [2.45, 2.75) is 65.6 Å². The Balaban J connectivity index is 2.43. The summed E-state index contributed by atoms with van der Waals surface area (Å²) in [6.07, 6.45) is 7.37. The van der Waals surface area contributed by atoms with E-state index in [1.54, 1.807) is 6.92 Å². The molecular formula is C16H28O3. The number of carbonyl (C=O) groups is 1. The molecule has 19 heavy (non-hydrogen) atoms. The van der Waals surface area contributed by atoms with Crippen molar-refractivity contribution in [1.82, 2.24) is 0 Å². The molecule has 0 radical (unpaired) electrons. The summed E-state index contributed by atoms with van der Waals surface area (Å²) in [7, 11) is 0. The molecule has 0 fully saturated rings. The molecule has 0 spiro atoms. The van der Waals surface area contributed by atoms with Crippen LogP contribution in [0.1, 0.15) is 53.9 Å². The average Bonchev–Trinajstić information content (AvgIpc) is 2.35. The van der Waals surface area contributed by atoms with Crippen LogP contribution < -0.4 is 0 Å². The summed E-state index contributed by atoms with van der Waals surface area (Å²) in [4.78, 5) is 11.2. The van der Waals surface area contributed by atoms with Gasteiger partial charge in [0.1, 0.15) is 6.61 Å². The third-order valence-electron chi connectivity index (χ3n) is 3.62. The highest BCUT2D eigenvalue weighted by molar-refractivity contribution is 5.68. The molecule has 0 saturated carbocycles. The van der Waals surface area contributed by atoms with E-state index in [1.165, 1.54) is 6.42 Å². The minimum absolute atomic E-state index is 0.168. The average molecular weight is 268 g/mol. The van der Waals surface area contributed by atoms with Gasteiger partial charge in [0.2, 0.25) is 0 Å². The lowest BCUT2D eigenvalue weighted by Gasteiger charge is -2.34. The normalized spacial score (nSPS) is 25.1. The molecule has 3 atom stereocenters. The predicted octanol–water partition coefficient (Wildman–Crippen LogP) is 3.73. The van der Waals surface area contributed by atoms with E-state index in [-0.39, 0.29) is 12.1 Å². The Hall–Kier alpha value is -0.830. The van der Waals surface area contributed by atoms with E-state index < -0.39 is 5.60 Å². The van der Waals surface area contributed by atoms with Crippen molar-refractivity contribution < 1.29 is 14.3 Å². The van der Waals surface area contributed by atoms with Gasteiger partial charge in [0.15, 0.2) is 0 Å². The van der Waals surface area contributed by atoms with Crippen LogP contribution in [0.2, 0.25) is 0 Å². The molecular weight excluding hydrogens is 240 g/mol. The highest BCUT2D eigenvalue weighted by Gasteiger charge is 2.29. The standard InChI is InChI=1S/C16H28O3/c1-6-15(17)18-11-16(4,5)19-13(3)14-9-7-8-12(2)10-14/h7-8,12-14H,6,9-11H2,1-5H3. The van der Waals surface area contributed by atoms with Crippen LogP contribution in [0.5, 0.6) is 0 Å². The van der Waals surface area contributed by atoms with E-state index in [4.69, 9.17) is 9.47 Å². The Kier molecular flexibility index (Phi) is 6.05. The first-order valence-electron chi connectivity index (χ1n) is 7.34. The van der Waals surface area contributed by atoms with Gasteiger partial charge in [-0.3, -0.25) is 4.79 Å². The van der Waals surface area contributed by atoms with Crippen molar-refractivity contribution in [1.29, 1.82) is 0 Å². The Morgan fingerprint density at radius 2 is 2.16 bits per heavy atom. The third-order valence-corrected chi connectivity index (χ3v) is 3.62. The minimum atomic E-state index is -0.422. The van der Waals surface area contributed by atoms with E-state index in [9.17, 15) is 4.79 Å². The molecule has 0 bridgehead atoms. The summed E-state index contributed by atoms with van der Waals surface area (Å²) < 4.78 is 11.3. The van der Waals surface area contributed by atoms with Crippen molar-refractivity contribution >= 4 is 5.97 Å². The third kappa shape index (κ3) is 5.77. The Morgan fingerprint density at radius 3 is 2.74 bits per heavy atom. The minimum Gasteiger partial charge on any atom is -0.463 e. The number of hydrogen-bond acceptors (Lipinski definition) is 3. The predicted molar refractivity (Wildman–Crippen MR) is 76.9 cm³/mol. The maximum atomic E-state index is 11.2. The second-order valence-electron chi connectivity index (χ2n) is 6.23. The first-order valence-corrected chi connectivity index (χ1v) is 7.34. The summed E-state index contributed by atoms with van der Waals surface area (Å²) in [6, 6.07) is 0. The molecule has 3 unspecified atom stereocenters.